The normalized spacial score (nSPS) is 45.0. The van der Waals surface area contributed by atoms with Gasteiger partial charge >= 0.3 is 0 Å². The molecule has 170 valence electrons. The number of piperidine rings is 1. The van der Waals surface area contributed by atoms with E-state index in [1.807, 2.05) is 30.1 Å². The second-order valence-corrected chi connectivity index (χ2v) is 13.6. The number of likely N-dealkylation sites (tertiary alicyclic amines) is 1. The van der Waals surface area contributed by atoms with Crippen LogP contribution in [-0.2, 0) is 14.6 Å². The Hall–Kier alpha value is -1.36. The van der Waals surface area contributed by atoms with Gasteiger partial charge in [-0.3, -0.25) is 4.79 Å². The molecule has 4 aliphatic rings. The Balaban J connectivity index is 1.49. The van der Waals surface area contributed by atoms with E-state index in [2.05, 4.69) is 20.8 Å². The fraction of sp³-hybridized carbons (Fsp3) is 0.731. The van der Waals surface area contributed by atoms with Gasteiger partial charge in [-0.1, -0.05) is 39.0 Å². The molecular formula is C26H37NO3S. The van der Waals surface area contributed by atoms with Gasteiger partial charge in [0.05, 0.1) is 10.1 Å². The van der Waals surface area contributed by atoms with Crippen molar-refractivity contribution in [2.75, 3.05) is 7.05 Å². The molecule has 8 atom stereocenters. The summed E-state index contributed by atoms with van der Waals surface area (Å²) in [6.07, 6.45) is 6.60. The lowest BCUT2D eigenvalue weighted by Crippen LogP contribution is -2.63. The molecule has 31 heavy (non-hydrogen) atoms. The largest absolute Gasteiger partial charge is 0.342 e. The summed E-state index contributed by atoms with van der Waals surface area (Å²) in [5, 5.41) is -0.276. The highest BCUT2D eigenvalue weighted by molar-refractivity contribution is 7.92. The van der Waals surface area contributed by atoms with Gasteiger partial charge in [0.1, 0.15) is 0 Å². The van der Waals surface area contributed by atoms with Gasteiger partial charge in [0.15, 0.2) is 9.84 Å². The lowest BCUT2D eigenvalue weighted by Gasteiger charge is -2.63. The van der Waals surface area contributed by atoms with Crippen molar-refractivity contribution in [2.45, 2.75) is 81.9 Å². The zero-order valence-corrected chi connectivity index (χ0v) is 20.2. The number of carbonyl (C=O) groups is 1. The van der Waals surface area contributed by atoms with E-state index >= 15 is 0 Å². The number of sulfone groups is 1. The molecule has 0 bridgehead atoms. The van der Waals surface area contributed by atoms with Crippen LogP contribution in [0.15, 0.2) is 35.2 Å². The van der Waals surface area contributed by atoms with Crippen LogP contribution < -0.4 is 0 Å². The maximum Gasteiger partial charge on any atom is 0.222 e. The van der Waals surface area contributed by atoms with Crippen molar-refractivity contribution in [3.63, 3.8) is 0 Å². The highest BCUT2D eigenvalue weighted by atomic mass is 32.2. The maximum absolute atomic E-state index is 13.7. The van der Waals surface area contributed by atoms with E-state index in [9.17, 15) is 13.2 Å². The lowest BCUT2D eigenvalue weighted by atomic mass is 9.45. The molecule has 0 aromatic heterocycles. The van der Waals surface area contributed by atoms with E-state index in [1.165, 1.54) is 0 Å². The van der Waals surface area contributed by atoms with Crippen LogP contribution in [0.25, 0.3) is 0 Å². The van der Waals surface area contributed by atoms with Gasteiger partial charge in [0.25, 0.3) is 0 Å². The number of hydrogen-bond donors (Lipinski definition) is 0. The molecule has 5 rings (SSSR count). The van der Waals surface area contributed by atoms with Gasteiger partial charge < -0.3 is 4.90 Å². The molecule has 0 spiro atoms. The summed E-state index contributed by atoms with van der Waals surface area (Å²) < 4.78 is 27.3. The second kappa shape index (κ2) is 7.07. The van der Waals surface area contributed by atoms with Crippen molar-refractivity contribution in [3.8, 4) is 0 Å². The third-order valence-electron chi connectivity index (χ3n) is 10.3. The monoisotopic (exact) mass is 443 g/mol. The fourth-order valence-corrected chi connectivity index (χ4v) is 11.0. The molecule has 0 N–H and O–H groups in total. The summed E-state index contributed by atoms with van der Waals surface area (Å²) in [5.41, 5.74) is 0.0151. The van der Waals surface area contributed by atoms with Crippen LogP contribution in [0, 0.1) is 34.5 Å². The van der Waals surface area contributed by atoms with Crippen molar-refractivity contribution in [1.82, 2.24) is 4.90 Å². The lowest BCUT2D eigenvalue weighted by molar-refractivity contribution is -0.164. The first-order valence-electron chi connectivity index (χ1n) is 12.2. The van der Waals surface area contributed by atoms with Crippen LogP contribution in [0.2, 0.25) is 0 Å². The molecule has 4 fully saturated rings. The second-order valence-electron chi connectivity index (χ2n) is 11.5. The molecule has 5 heteroatoms. The molecule has 1 heterocycles. The fourth-order valence-electron chi connectivity index (χ4n) is 8.70. The minimum atomic E-state index is -3.33. The van der Waals surface area contributed by atoms with Gasteiger partial charge in [0.2, 0.25) is 5.91 Å². The highest BCUT2D eigenvalue weighted by Crippen LogP contribution is 2.67. The van der Waals surface area contributed by atoms with Crippen molar-refractivity contribution >= 4 is 15.7 Å². The summed E-state index contributed by atoms with van der Waals surface area (Å²) in [6, 6.07) is 9.42. The van der Waals surface area contributed by atoms with Gasteiger partial charge in [-0.15, -0.1) is 0 Å². The Morgan fingerprint density at radius 3 is 2.35 bits per heavy atom. The molecule has 3 aliphatic carbocycles. The number of benzene rings is 1. The number of nitrogens with zero attached hydrogens (tertiary/aromatic N) is 1. The van der Waals surface area contributed by atoms with Crippen LogP contribution in [0.3, 0.4) is 0 Å². The third kappa shape index (κ3) is 2.91. The van der Waals surface area contributed by atoms with Gasteiger partial charge in [-0.25, -0.2) is 8.42 Å². The van der Waals surface area contributed by atoms with Crippen LogP contribution >= 0.6 is 0 Å². The summed E-state index contributed by atoms with van der Waals surface area (Å²) in [4.78, 5) is 15.0. The molecular weight excluding hydrogens is 406 g/mol. The smallest absolute Gasteiger partial charge is 0.222 e. The van der Waals surface area contributed by atoms with Crippen LogP contribution in [0.1, 0.15) is 65.7 Å². The summed E-state index contributed by atoms with van der Waals surface area (Å²) in [7, 11) is -1.33. The molecule has 0 radical (unpaired) electrons. The first kappa shape index (κ1) is 21.5. The van der Waals surface area contributed by atoms with Crippen LogP contribution in [0.5, 0.6) is 0 Å². The molecule has 3 unspecified atom stereocenters. The molecule has 1 amide bonds. The van der Waals surface area contributed by atoms with E-state index in [4.69, 9.17) is 0 Å². The summed E-state index contributed by atoms with van der Waals surface area (Å²) in [5.74, 6) is 2.44. The quantitative estimate of drug-likeness (QED) is 0.651. The summed E-state index contributed by atoms with van der Waals surface area (Å²) >= 11 is 0. The third-order valence-corrected chi connectivity index (χ3v) is 12.7. The molecule has 1 saturated heterocycles. The average molecular weight is 444 g/mol. The first-order valence-corrected chi connectivity index (χ1v) is 13.7. The predicted octanol–water partition coefficient (Wildman–Crippen LogP) is 4.94. The number of rotatable bonds is 2. The Morgan fingerprint density at radius 1 is 0.968 bits per heavy atom. The Labute approximate surface area is 187 Å². The topological polar surface area (TPSA) is 54.5 Å². The number of carbonyl (C=O) groups excluding carboxylic acids is 1. The maximum atomic E-state index is 13.7. The van der Waals surface area contributed by atoms with E-state index in [0.717, 1.165) is 38.5 Å². The first-order chi connectivity index (χ1) is 14.6. The SMILES string of the molecule is CC1CC2N(C)C(=O)CC[C@]2(C)[C@@H]2CC[C@]3(C)C(S(=O)(=O)c4ccccc4)CC[C@H]3[C@H]12. The van der Waals surface area contributed by atoms with Crippen LogP contribution in [0.4, 0.5) is 0 Å². The van der Waals surface area contributed by atoms with Gasteiger partial charge in [0, 0.05) is 19.5 Å². The average Bonchev–Trinajstić information content (AvgIpc) is 3.11. The zero-order chi connectivity index (χ0) is 22.2. The van der Waals surface area contributed by atoms with Crippen molar-refractivity contribution in [3.05, 3.63) is 30.3 Å². The number of fused-ring (bicyclic) bond motifs is 5. The van der Waals surface area contributed by atoms with Gasteiger partial charge in [-0.2, -0.15) is 0 Å². The van der Waals surface area contributed by atoms with E-state index < -0.39 is 9.84 Å². The molecule has 3 saturated carbocycles. The van der Waals surface area contributed by atoms with E-state index in [-0.39, 0.29) is 16.1 Å². The number of hydrogen-bond acceptors (Lipinski definition) is 3. The highest BCUT2D eigenvalue weighted by Gasteiger charge is 2.64. The van der Waals surface area contributed by atoms with Crippen molar-refractivity contribution in [2.24, 2.45) is 34.5 Å². The summed E-state index contributed by atoms with van der Waals surface area (Å²) in [6.45, 7) is 7.08. The molecule has 4 nitrogen and oxygen atoms in total. The van der Waals surface area contributed by atoms with Crippen molar-refractivity contribution in [1.29, 1.82) is 0 Å². The zero-order valence-electron chi connectivity index (χ0n) is 19.4. The molecule has 1 aliphatic heterocycles. The minimum absolute atomic E-state index is 0.149. The van der Waals surface area contributed by atoms with E-state index in [1.54, 1.807) is 12.1 Å². The minimum Gasteiger partial charge on any atom is -0.342 e. The van der Waals surface area contributed by atoms with E-state index in [0.29, 0.717) is 46.9 Å². The van der Waals surface area contributed by atoms with Crippen LogP contribution in [-0.4, -0.2) is 37.6 Å². The predicted molar refractivity (Wildman–Crippen MR) is 122 cm³/mol. The number of amides is 1. The Morgan fingerprint density at radius 2 is 1.65 bits per heavy atom. The molecule has 1 aromatic rings. The van der Waals surface area contributed by atoms with Crippen molar-refractivity contribution < 1.29 is 13.2 Å². The van der Waals surface area contributed by atoms with Gasteiger partial charge in [-0.05, 0) is 85.2 Å². The Bertz CT molecular complexity index is 976. The molecule has 1 aromatic carbocycles. The Kier molecular flexibility index (Phi) is 4.90. The standard InChI is InChI=1S/C26H37NO3S/c1-17-16-21-25(2,15-13-23(28)27(21)4)20-12-14-26(3)19(24(17)20)10-11-22(26)31(29,30)18-8-6-5-7-9-18/h5-9,17,19-22,24H,10-16H2,1-4H3/t17?,19-,20+,21?,22?,24-,25+,26-/m0/s1.